The van der Waals surface area contributed by atoms with Crippen LogP contribution in [-0.4, -0.2) is 50.1 Å². The molecular weight excluding hydrogens is 468 g/mol. The molecule has 2 aromatic carbocycles. The number of carbonyl (C=O) groups is 2. The predicted octanol–water partition coefficient (Wildman–Crippen LogP) is 2.90. The predicted molar refractivity (Wildman–Crippen MR) is 137 cm³/mol. The van der Waals surface area contributed by atoms with Crippen LogP contribution in [0.3, 0.4) is 0 Å². The van der Waals surface area contributed by atoms with Crippen molar-refractivity contribution in [3.63, 3.8) is 0 Å². The number of sulfonamides is 1. The number of amidine groups is 1. The van der Waals surface area contributed by atoms with Gasteiger partial charge in [-0.1, -0.05) is 37.6 Å². The molecule has 0 spiro atoms. The van der Waals surface area contributed by atoms with Crippen LogP contribution in [0.5, 0.6) is 0 Å². The maximum Gasteiger partial charge on any atom is 0.324 e. The first-order valence-electron chi connectivity index (χ1n) is 11.7. The highest BCUT2D eigenvalue weighted by atomic mass is 32.2. The van der Waals surface area contributed by atoms with Gasteiger partial charge in [0.1, 0.15) is 12.4 Å². The molecule has 0 unspecified atom stereocenters. The average Bonchev–Trinajstić information content (AvgIpc) is 2.84. The van der Waals surface area contributed by atoms with E-state index in [-0.39, 0.29) is 17.5 Å². The van der Waals surface area contributed by atoms with Crippen molar-refractivity contribution in [2.75, 3.05) is 28.0 Å². The van der Waals surface area contributed by atoms with Gasteiger partial charge in [0.2, 0.25) is 15.9 Å². The minimum absolute atomic E-state index is 0.00277. The smallest absolute Gasteiger partial charge is 0.324 e. The molecule has 3 rings (SSSR count). The van der Waals surface area contributed by atoms with Crippen LogP contribution in [0.25, 0.3) is 0 Å². The fraction of sp³-hybridized carbons (Fsp3) is 0.400. The number of nitrogens with zero attached hydrogens (tertiary/aromatic N) is 2. The number of fused-ring (bicyclic) bond motifs is 1. The minimum Gasteiger partial charge on any atom is -0.480 e. The molecule has 0 atom stereocenters. The quantitative estimate of drug-likeness (QED) is 0.320. The average molecular weight is 501 g/mol. The molecule has 188 valence electrons. The second kappa shape index (κ2) is 11.4. The molecule has 1 aliphatic rings. The molecule has 1 aliphatic heterocycles. The Balaban J connectivity index is 1.78. The van der Waals surface area contributed by atoms with Crippen LogP contribution in [0.1, 0.15) is 49.3 Å². The number of carboxylic acids is 1. The summed E-state index contributed by atoms with van der Waals surface area (Å²) in [5, 5.41) is 16.8. The number of aryl methyl sites for hydroxylation is 2. The van der Waals surface area contributed by atoms with E-state index in [1.165, 1.54) is 0 Å². The number of nitrogen functional groups attached to an aromatic ring is 1. The summed E-state index contributed by atoms with van der Waals surface area (Å²) >= 11 is 0. The van der Waals surface area contributed by atoms with Gasteiger partial charge >= 0.3 is 5.97 Å². The van der Waals surface area contributed by atoms with Crippen LogP contribution in [0.15, 0.2) is 42.5 Å². The zero-order valence-electron chi connectivity index (χ0n) is 19.9. The van der Waals surface area contributed by atoms with Crippen LogP contribution in [0.4, 0.5) is 11.4 Å². The molecular formula is C25H32N4O5S. The number of nitrogens with one attached hydrogen (secondary N) is 1. The zero-order valence-corrected chi connectivity index (χ0v) is 20.7. The number of hydrogen-bond acceptors (Lipinski definition) is 5. The molecule has 9 nitrogen and oxygen atoms in total. The summed E-state index contributed by atoms with van der Waals surface area (Å²) in [4.78, 5) is 26.2. The van der Waals surface area contributed by atoms with Crippen molar-refractivity contribution in [1.82, 2.24) is 0 Å². The normalized spacial score (nSPS) is 13.2. The second-order valence-corrected chi connectivity index (χ2v) is 10.7. The summed E-state index contributed by atoms with van der Waals surface area (Å²) in [6, 6.07) is 12.2. The molecule has 1 amide bonds. The lowest BCUT2D eigenvalue weighted by molar-refractivity contribution is -0.135. The molecule has 10 heteroatoms. The third-order valence-electron chi connectivity index (χ3n) is 6.03. The van der Waals surface area contributed by atoms with E-state index < -0.39 is 22.5 Å². The van der Waals surface area contributed by atoms with E-state index in [0.717, 1.165) is 27.5 Å². The maximum absolute atomic E-state index is 13.0. The van der Waals surface area contributed by atoms with Gasteiger partial charge in [0.05, 0.1) is 11.4 Å². The van der Waals surface area contributed by atoms with Gasteiger partial charge in [-0.15, -0.1) is 0 Å². The largest absolute Gasteiger partial charge is 0.480 e. The Labute approximate surface area is 206 Å². The van der Waals surface area contributed by atoms with E-state index in [1.807, 2.05) is 19.1 Å². The first kappa shape index (κ1) is 26.2. The topological polar surface area (TPSA) is 145 Å². The first-order chi connectivity index (χ1) is 16.6. The van der Waals surface area contributed by atoms with Gasteiger partial charge in [0.15, 0.2) is 0 Å². The van der Waals surface area contributed by atoms with Gasteiger partial charge in [-0.3, -0.25) is 19.3 Å². The Morgan fingerprint density at radius 1 is 1.17 bits per heavy atom. The first-order valence-corrected chi connectivity index (χ1v) is 13.3. The summed E-state index contributed by atoms with van der Waals surface area (Å²) in [7, 11) is -3.79. The summed E-state index contributed by atoms with van der Waals surface area (Å²) < 4.78 is 26.6. The highest BCUT2D eigenvalue weighted by Gasteiger charge is 2.28. The summed E-state index contributed by atoms with van der Waals surface area (Å²) in [5.74, 6) is -1.38. The number of carboxylic acid groups (broad SMARTS) is 1. The standard InChI is InChI=1S/C25H32N4O5S/c1-2-3-15-35(33,34)29(17-24(31)32)21-11-12-22-20(16-21)5-4-14-28(22)23(30)13-8-18-6-9-19(10-7-18)25(26)27/h6-7,9-12,16H,2-5,8,13-15,17H2,1H3,(H3,26,27)(H,31,32). The number of anilines is 2. The van der Waals surface area contributed by atoms with Gasteiger partial charge in [-0.25, -0.2) is 8.42 Å². The van der Waals surface area contributed by atoms with Crippen molar-refractivity contribution in [1.29, 1.82) is 5.41 Å². The SMILES string of the molecule is CCCCS(=O)(=O)N(CC(=O)O)c1ccc2c(c1)CCCN2C(=O)CCc1ccc(C(=N)N)cc1. The van der Waals surface area contributed by atoms with E-state index in [9.17, 15) is 23.1 Å². The van der Waals surface area contributed by atoms with Crippen molar-refractivity contribution in [2.45, 2.75) is 45.4 Å². The van der Waals surface area contributed by atoms with Gasteiger partial charge < -0.3 is 15.7 Å². The monoisotopic (exact) mass is 500 g/mol. The van der Waals surface area contributed by atoms with Crippen LogP contribution < -0.4 is 14.9 Å². The van der Waals surface area contributed by atoms with Crippen LogP contribution in [-0.2, 0) is 32.5 Å². The molecule has 0 bridgehead atoms. The number of amides is 1. The molecule has 0 radical (unpaired) electrons. The number of carbonyl (C=O) groups excluding carboxylic acids is 1. The Morgan fingerprint density at radius 3 is 2.51 bits per heavy atom. The highest BCUT2D eigenvalue weighted by Crippen LogP contribution is 2.32. The van der Waals surface area contributed by atoms with Crippen molar-refractivity contribution in [2.24, 2.45) is 5.73 Å². The van der Waals surface area contributed by atoms with Crippen molar-refractivity contribution >= 4 is 39.1 Å². The third kappa shape index (κ3) is 6.60. The van der Waals surface area contributed by atoms with E-state index in [1.54, 1.807) is 35.2 Å². The molecule has 1 heterocycles. The van der Waals surface area contributed by atoms with Crippen molar-refractivity contribution < 1.29 is 23.1 Å². The van der Waals surface area contributed by atoms with Crippen molar-refractivity contribution in [3.05, 3.63) is 59.2 Å². The summed E-state index contributed by atoms with van der Waals surface area (Å²) in [6.07, 6.45) is 3.39. The number of aliphatic carboxylic acids is 1. The maximum atomic E-state index is 13.0. The fourth-order valence-corrected chi connectivity index (χ4v) is 5.76. The lowest BCUT2D eigenvalue weighted by Crippen LogP contribution is -2.38. The number of nitrogens with two attached hydrogens (primary N) is 1. The fourth-order valence-electron chi connectivity index (χ4n) is 4.14. The number of hydrogen-bond donors (Lipinski definition) is 3. The van der Waals surface area contributed by atoms with Crippen LogP contribution in [0, 0.1) is 5.41 Å². The minimum atomic E-state index is -3.79. The van der Waals surface area contributed by atoms with Gasteiger partial charge in [0, 0.05) is 24.2 Å². The summed E-state index contributed by atoms with van der Waals surface area (Å²) in [6.45, 7) is 1.81. The molecule has 4 N–H and O–H groups in total. The lowest BCUT2D eigenvalue weighted by atomic mass is 9.99. The molecule has 0 aromatic heterocycles. The molecule has 2 aromatic rings. The zero-order chi connectivity index (χ0) is 25.6. The molecule has 0 aliphatic carbocycles. The van der Waals surface area contributed by atoms with Gasteiger partial charge in [-0.05, 0) is 55.0 Å². The van der Waals surface area contributed by atoms with Crippen molar-refractivity contribution in [3.8, 4) is 0 Å². The molecule has 35 heavy (non-hydrogen) atoms. The number of benzene rings is 2. The Morgan fingerprint density at radius 2 is 1.89 bits per heavy atom. The van der Waals surface area contributed by atoms with E-state index in [4.69, 9.17) is 11.1 Å². The molecule has 0 saturated carbocycles. The lowest BCUT2D eigenvalue weighted by Gasteiger charge is -2.31. The Hall–Kier alpha value is -3.40. The molecule has 0 saturated heterocycles. The number of unbranched alkanes of at least 4 members (excludes halogenated alkanes) is 1. The van der Waals surface area contributed by atoms with E-state index in [0.29, 0.717) is 49.9 Å². The van der Waals surface area contributed by atoms with Crippen LogP contribution >= 0.6 is 0 Å². The Kier molecular flexibility index (Phi) is 8.50. The van der Waals surface area contributed by atoms with Gasteiger partial charge in [0.25, 0.3) is 0 Å². The highest BCUT2D eigenvalue weighted by molar-refractivity contribution is 7.92. The Bertz CT molecular complexity index is 1190. The third-order valence-corrected chi connectivity index (χ3v) is 7.85. The van der Waals surface area contributed by atoms with E-state index >= 15 is 0 Å². The van der Waals surface area contributed by atoms with Gasteiger partial charge in [-0.2, -0.15) is 0 Å². The van der Waals surface area contributed by atoms with E-state index in [2.05, 4.69) is 0 Å². The number of rotatable bonds is 11. The second-order valence-electron chi connectivity index (χ2n) is 8.64. The molecule has 0 fully saturated rings. The van der Waals surface area contributed by atoms with Crippen LogP contribution in [0.2, 0.25) is 0 Å². The summed E-state index contributed by atoms with van der Waals surface area (Å²) in [5.41, 5.74) is 8.96.